The number of carbonyl (C=O) groups is 1. The predicted molar refractivity (Wildman–Crippen MR) is 105 cm³/mol. The molecule has 3 rings (SSSR count). The second kappa shape index (κ2) is 7.46. The van der Waals surface area contributed by atoms with Crippen LogP contribution in [0.5, 0.6) is 0 Å². The number of aryl methyl sites for hydroxylation is 2. The Hall–Kier alpha value is -2.40. The van der Waals surface area contributed by atoms with E-state index in [0.29, 0.717) is 19.4 Å². The van der Waals surface area contributed by atoms with Crippen molar-refractivity contribution in [3.63, 3.8) is 0 Å². The highest BCUT2D eigenvalue weighted by molar-refractivity contribution is 7.89. The lowest BCUT2D eigenvalue weighted by atomic mass is 9.99. The van der Waals surface area contributed by atoms with E-state index < -0.39 is 9.84 Å². The molecule has 0 aliphatic carbocycles. The number of carbonyl (C=O) groups excluding carboxylic acids is 1. The fraction of sp³-hybridized carbons (Fsp3) is 0.286. The number of rotatable bonds is 6. The summed E-state index contributed by atoms with van der Waals surface area (Å²) in [5.41, 5.74) is 4.56. The van der Waals surface area contributed by atoms with Crippen LogP contribution in [0.15, 0.2) is 55.1 Å². The van der Waals surface area contributed by atoms with Gasteiger partial charge in [0.1, 0.15) is 0 Å². The molecule has 0 fully saturated rings. The molecule has 0 saturated carbocycles. The van der Waals surface area contributed by atoms with Crippen LogP contribution in [0.2, 0.25) is 0 Å². The predicted octanol–water partition coefficient (Wildman–Crippen LogP) is 3.58. The van der Waals surface area contributed by atoms with Crippen LogP contribution in [-0.4, -0.2) is 20.9 Å². The molecule has 4 nitrogen and oxygen atoms in total. The zero-order valence-corrected chi connectivity index (χ0v) is 15.8. The largest absolute Gasteiger partial charge is 0.308 e. The van der Waals surface area contributed by atoms with Crippen molar-refractivity contribution in [2.45, 2.75) is 31.3 Å². The molecular weight excluding hydrogens is 346 g/mol. The zero-order chi connectivity index (χ0) is 18.7. The van der Waals surface area contributed by atoms with Gasteiger partial charge < -0.3 is 4.90 Å². The standard InChI is InChI=1S/C21H23NO3S/c1-3-12-22-20-10-8-18(13-19(20)9-11-21(22)23)15-26(24,25)14-17-6-4-16(2)5-7-17/h3-8,10,13H,1,9,11-12,14-15H2,2H3. The molecule has 1 aliphatic rings. The fourth-order valence-corrected chi connectivity index (χ4v) is 4.77. The summed E-state index contributed by atoms with van der Waals surface area (Å²) in [5, 5.41) is 0. The lowest BCUT2D eigenvalue weighted by Crippen LogP contribution is -2.35. The topological polar surface area (TPSA) is 54.5 Å². The third-order valence-corrected chi connectivity index (χ3v) is 6.10. The summed E-state index contributed by atoms with van der Waals surface area (Å²) in [6, 6.07) is 13.2. The molecule has 0 atom stereocenters. The van der Waals surface area contributed by atoms with E-state index in [1.165, 1.54) is 0 Å². The maximum Gasteiger partial charge on any atom is 0.227 e. The molecule has 136 valence electrons. The summed E-state index contributed by atoms with van der Waals surface area (Å²) in [7, 11) is -3.26. The molecule has 2 aromatic carbocycles. The Labute approximate surface area is 155 Å². The summed E-state index contributed by atoms with van der Waals surface area (Å²) >= 11 is 0. The number of anilines is 1. The van der Waals surface area contributed by atoms with E-state index in [4.69, 9.17) is 0 Å². The minimum absolute atomic E-state index is 0.00353. The van der Waals surface area contributed by atoms with Crippen molar-refractivity contribution in [2.24, 2.45) is 0 Å². The van der Waals surface area contributed by atoms with Crippen molar-refractivity contribution < 1.29 is 13.2 Å². The fourth-order valence-electron chi connectivity index (χ4n) is 3.28. The van der Waals surface area contributed by atoms with E-state index in [0.717, 1.165) is 27.9 Å². The molecule has 0 spiro atoms. The van der Waals surface area contributed by atoms with Crippen molar-refractivity contribution in [1.29, 1.82) is 0 Å². The van der Waals surface area contributed by atoms with Crippen molar-refractivity contribution in [3.8, 4) is 0 Å². The minimum atomic E-state index is -3.26. The van der Waals surface area contributed by atoms with E-state index >= 15 is 0 Å². The molecule has 26 heavy (non-hydrogen) atoms. The zero-order valence-electron chi connectivity index (χ0n) is 14.9. The van der Waals surface area contributed by atoms with Gasteiger partial charge in [0.2, 0.25) is 5.91 Å². The summed E-state index contributed by atoms with van der Waals surface area (Å²) in [6.07, 6.45) is 2.79. The monoisotopic (exact) mass is 369 g/mol. The average Bonchev–Trinajstić information content (AvgIpc) is 2.59. The SMILES string of the molecule is C=CCN1C(=O)CCc2cc(CS(=O)(=O)Cc3ccc(C)cc3)ccc21. The quantitative estimate of drug-likeness (QED) is 0.732. The highest BCUT2D eigenvalue weighted by atomic mass is 32.2. The first-order chi connectivity index (χ1) is 12.4. The normalized spacial score (nSPS) is 14.2. The molecule has 0 saturated heterocycles. The molecule has 0 aromatic heterocycles. The number of sulfone groups is 1. The summed E-state index contributed by atoms with van der Waals surface area (Å²) in [4.78, 5) is 13.8. The number of hydrogen-bond acceptors (Lipinski definition) is 3. The van der Waals surface area contributed by atoms with E-state index in [9.17, 15) is 13.2 Å². The van der Waals surface area contributed by atoms with Crippen molar-refractivity contribution >= 4 is 21.4 Å². The Morgan fingerprint density at radius 3 is 2.38 bits per heavy atom. The van der Waals surface area contributed by atoms with Crippen LogP contribution in [0.3, 0.4) is 0 Å². The third-order valence-electron chi connectivity index (χ3n) is 4.55. The lowest BCUT2D eigenvalue weighted by Gasteiger charge is -2.28. The van der Waals surface area contributed by atoms with Crippen LogP contribution in [0.4, 0.5) is 5.69 Å². The van der Waals surface area contributed by atoms with Crippen LogP contribution in [0, 0.1) is 6.92 Å². The number of nitrogens with zero attached hydrogens (tertiary/aromatic N) is 1. The van der Waals surface area contributed by atoms with Crippen LogP contribution >= 0.6 is 0 Å². The molecule has 5 heteroatoms. The molecule has 0 unspecified atom stereocenters. The second-order valence-electron chi connectivity index (χ2n) is 6.77. The molecule has 1 aliphatic heterocycles. The molecular formula is C21H23NO3S. The van der Waals surface area contributed by atoms with Gasteiger partial charge in [-0.25, -0.2) is 8.42 Å². The van der Waals surface area contributed by atoms with Crippen LogP contribution in [-0.2, 0) is 32.6 Å². The molecule has 1 amide bonds. The van der Waals surface area contributed by atoms with Crippen LogP contribution in [0.1, 0.15) is 28.7 Å². The second-order valence-corrected chi connectivity index (χ2v) is 8.84. The van der Waals surface area contributed by atoms with Crippen molar-refractivity contribution in [3.05, 3.63) is 77.4 Å². The highest BCUT2D eigenvalue weighted by Crippen LogP contribution is 2.29. The van der Waals surface area contributed by atoms with Gasteiger partial charge in [-0.05, 0) is 36.1 Å². The van der Waals surface area contributed by atoms with Crippen LogP contribution in [0.25, 0.3) is 0 Å². The van der Waals surface area contributed by atoms with E-state index in [1.807, 2.05) is 43.3 Å². The third kappa shape index (κ3) is 4.22. The van der Waals surface area contributed by atoms with Gasteiger partial charge in [-0.15, -0.1) is 6.58 Å². The van der Waals surface area contributed by atoms with Crippen molar-refractivity contribution in [2.75, 3.05) is 11.4 Å². The van der Waals surface area contributed by atoms with E-state index in [1.54, 1.807) is 17.0 Å². The maximum atomic E-state index is 12.6. The van der Waals surface area contributed by atoms with Crippen LogP contribution < -0.4 is 4.90 Å². The van der Waals surface area contributed by atoms with Gasteiger partial charge in [0, 0.05) is 18.7 Å². The molecule has 0 radical (unpaired) electrons. The number of fused-ring (bicyclic) bond motifs is 1. The number of amides is 1. The number of hydrogen-bond donors (Lipinski definition) is 0. The van der Waals surface area contributed by atoms with Gasteiger partial charge in [0.15, 0.2) is 9.84 Å². The van der Waals surface area contributed by atoms with E-state index in [2.05, 4.69) is 6.58 Å². The van der Waals surface area contributed by atoms with Gasteiger partial charge in [-0.1, -0.05) is 48.0 Å². The Bertz CT molecular complexity index is 930. The van der Waals surface area contributed by atoms with Gasteiger partial charge in [0.05, 0.1) is 11.5 Å². The molecule has 1 heterocycles. The van der Waals surface area contributed by atoms with Crippen molar-refractivity contribution in [1.82, 2.24) is 0 Å². The Balaban J connectivity index is 1.79. The minimum Gasteiger partial charge on any atom is -0.308 e. The summed E-state index contributed by atoms with van der Waals surface area (Å²) in [6.45, 7) is 6.15. The molecule has 0 bridgehead atoms. The lowest BCUT2D eigenvalue weighted by molar-refractivity contribution is -0.118. The first-order valence-electron chi connectivity index (χ1n) is 8.67. The average molecular weight is 369 g/mol. The smallest absolute Gasteiger partial charge is 0.227 e. The van der Waals surface area contributed by atoms with Gasteiger partial charge in [-0.2, -0.15) is 0 Å². The Morgan fingerprint density at radius 2 is 1.69 bits per heavy atom. The highest BCUT2D eigenvalue weighted by Gasteiger charge is 2.24. The maximum absolute atomic E-state index is 12.6. The first kappa shape index (κ1) is 18.4. The summed E-state index contributed by atoms with van der Waals surface area (Å²) < 4.78 is 25.1. The summed E-state index contributed by atoms with van der Waals surface area (Å²) in [5.74, 6) is 0.117. The molecule has 0 N–H and O–H groups in total. The van der Waals surface area contributed by atoms with Gasteiger partial charge in [0.25, 0.3) is 0 Å². The molecule has 2 aromatic rings. The number of benzene rings is 2. The van der Waals surface area contributed by atoms with Gasteiger partial charge >= 0.3 is 0 Å². The first-order valence-corrected chi connectivity index (χ1v) is 10.5. The van der Waals surface area contributed by atoms with Gasteiger partial charge in [-0.3, -0.25) is 4.79 Å². The van der Waals surface area contributed by atoms with E-state index in [-0.39, 0.29) is 17.4 Å². The Morgan fingerprint density at radius 1 is 1.04 bits per heavy atom. The Kier molecular flexibility index (Phi) is 5.28.